The van der Waals surface area contributed by atoms with Crippen LogP contribution in [0.1, 0.15) is 44.9 Å². The number of nitrogens with one attached hydrogen (secondary N) is 1. The van der Waals surface area contributed by atoms with E-state index >= 15 is 0 Å². The van der Waals surface area contributed by atoms with E-state index in [2.05, 4.69) is 5.32 Å². The van der Waals surface area contributed by atoms with Crippen molar-refractivity contribution in [2.24, 2.45) is 0 Å². The summed E-state index contributed by atoms with van der Waals surface area (Å²) in [6, 6.07) is 17.1. The van der Waals surface area contributed by atoms with Crippen molar-refractivity contribution in [3.8, 4) is 5.75 Å². The van der Waals surface area contributed by atoms with Crippen LogP contribution in [0.5, 0.6) is 5.75 Å². The van der Waals surface area contributed by atoms with Crippen molar-refractivity contribution in [1.29, 1.82) is 0 Å². The summed E-state index contributed by atoms with van der Waals surface area (Å²) in [4.78, 5) is 43.7. The second kappa shape index (κ2) is 10.7. The highest BCUT2D eigenvalue weighted by Crippen LogP contribution is 2.39. The number of hydrogen-bond donors (Lipinski definition) is 1. The maximum atomic E-state index is 13.9. The number of ether oxygens (including phenoxy) is 2. The second-order valence-corrected chi connectivity index (χ2v) is 9.64. The maximum absolute atomic E-state index is 13.9. The van der Waals surface area contributed by atoms with Crippen LogP contribution in [0.4, 0.5) is 0 Å². The van der Waals surface area contributed by atoms with Gasteiger partial charge in [-0.2, -0.15) is 0 Å². The number of carbonyl (C=O) groups excluding carboxylic acids is 3. The molecule has 1 N–H and O–H groups in total. The van der Waals surface area contributed by atoms with Crippen molar-refractivity contribution in [2.75, 3.05) is 26.8 Å². The molecule has 2 saturated heterocycles. The number of carbonyl (C=O) groups is 3. The first-order valence-corrected chi connectivity index (χ1v) is 12.7. The van der Waals surface area contributed by atoms with Crippen molar-refractivity contribution in [3.63, 3.8) is 0 Å². The van der Waals surface area contributed by atoms with Gasteiger partial charge in [-0.1, -0.05) is 23.8 Å². The van der Waals surface area contributed by atoms with E-state index in [0.29, 0.717) is 48.6 Å². The maximum Gasteiger partial charge on any atom is 0.256 e. The summed E-state index contributed by atoms with van der Waals surface area (Å²) in [6.45, 7) is 2.97. The number of furan rings is 1. The molecule has 2 aliphatic heterocycles. The summed E-state index contributed by atoms with van der Waals surface area (Å²) in [6.07, 6.45) is 2.33. The largest absolute Gasteiger partial charge is 0.497 e. The summed E-state index contributed by atoms with van der Waals surface area (Å²) in [5.41, 5.74) is 0.991. The summed E-state index contributed by atoms with van der Waals surface area (Å²) in [5.74, 6) is 0.543. The number of likely N-dealkylation sites (tertiary alicyclic amines) is 1. The summed E-state index contributed by atoms with van der Waals surface area (Å²) < 4.78 is 16.9. The van der Waals surface area contributed by atoms with Crippen LogP contribution < -0.4 is 10.1 Å². The van der Waals surface area contributed by atoms with Crippen LogP contribution in [-0.2, 0) is 16.1 Å². The number of rotatable bonds is 6. The van der Waals surface area contributed by atoms with E-state index < -0.39 is 11.8 Å². The molecule has 38 heavy (non-hydrogen) atoms. The molecular formula is C29H31N3O6. The lowest BCUT2D eigenvalue weighted by Gasteiger charge is -2.44. The lowest BCUT2D eigenvalue weighted by molar-refractivity contribution is -0.128. The zero-order chi connectivity index (χ0) is 26.7. The summed E-state index contributed by atoms with van der Waals surface area (Å²) in [7, 11) is 1.56. The van der Waals surface area contributed by atoms with Gasteiger partial charge in [0.1, 0.15) is 23.3 Å². The number of benzene rings is 2. The van der Waals surface area contributed by atoms with Crippen molar-refractivity contribution in [3.05, 3.63) is 89.4 Å². The normalized spacial score (nSPS) is 18.4. The lowest BCUT2D eigenvalue weighted by Crippen LogP contribution is -2.59. The van der Waals surface area contributed by atoms with E-state index in [1.165, 1.54) is 0 Å². The molecule has 2 aliphatic rings. The van der Waals surface area contributed by atoms with Gasteiger partial charge in [-0.25, -0.2) is 0 Å². The Hall–Kier alpha value is -4.11. The molecule has 0 aliphatic carbocycles. The van der Waals surface area contributed by atoms with Gasteiger partial charge >= 0.3 is 0 Å². The minimum absolute atomic E-state index is 0.0748. The SMILES string of the molecule is COc1cccc(C(=O)N2CCC3(CC2)OC[C@H](C(=O)NCc2ccco2)N3C(=O)c2cccc(C)c2)c1. The van der Waals surface area contributed by atoms with Gasteiger partial charge in [-0.15, -0.1) is 0 Å². The van der Waals surface area contributed by atoms with E-state index in [1.807, 2.05) is 25.1 Å². The van der Waals surface area contributed by atoms with Gasteiger partial charge in [-0.05, 0) is 49.4 Å². The predicted molar refractivity (Wildman–Crippen MR) is 139 cm³/mol. The number of aryl methyl sites for hydroxylation is 1. The van der Waals surface area contributed by atoms with Gasteiger partial charge in [-0.3, -0.25) is 19.3 Å². The molecule has 9 heteroatoms. The average molecular weight is 518 g/mol. The predicted octanol–water partition coefficient (Wildman–Crippen LogP) is 3.39. The van der Waals surface area contributed by atoms with Gasteiger partial charge in [0.05, 0.1) is 26.5 Å². The molecule has 2 fully saturated rings. The minimum atomic E-state index is -0.987. The molecule has 198 valence electrons. The van der Waals surface area contributed by atoms with Crippen LogP contribution in [0.2, 0.25) is 0 Å². The topological polar surface area (TPSA) is 101 Å². The summed E-state index contributed by atoms with van der Waals surface area (Å²) in [5, 5.41) is 2.87. The fourth-order valence-electron chi connectivity index (χ4n) is 5.19. The first-order valence-electron chi connectivity index (χ1n) is 12.7. The Morgan fingerprint density at radius 1 is 1.00 bits per heavy atom. The van der Waals surface area contributed by atoms with Crippen LogP contribution in [0.3, 0.4) is 0 Å². The van der Waals surface area contributed by atoms with E-state index in [1.54, 1.807) is 65.6 Å². The number of amides is 3. The van der Waals surface area contributed by atoms with Gasteiger partial charge in [0.15, 0.2) is 0 Å². The Kier molecular flexibility index (Phi) is 7.20. The Morgan fingerprint density at radius 3 is 2.42 bits per heavy atom. The third kappa shape index (κ3) is 5.02. The van der Waals surface area contributed by atoms with Crippen molar-refractivity contribution < 1.29 is 28.3 Å². The second-order valence-electron chi connectivity index (χ2n) is 9.64. The lowest BCUT2D eigenvalue weighted by atomic mass is 9.95. The molecule has 3 heterocycles. The zero-order valence-electron chi connectivity index (χ0n) is 21.5. The van der Waals surface area contributed by atoms with Gasteiger partial charge in [0.2, 0.25) is 5.91 Å². The Bertz CT molecular complexity index is 1310. The molecule has 0 unspecified atom stereocenters. The van der Waals surface area contributed by atoms with Crippen molar-refractivity contribution >= 4 is 17.7 Å². The highest BCUT2D eigenvalue weighted by Gasteiger charge is 2.54. The van der Waals surface area contributed by atoms with Crippen LogP contribution in [0.25, 0.3) is 0 Å². The third-order valence-electron chi connectivity index (χ3n) is 7.21. The molecule has 3 aromatic rings. The quantitative estimate of drug-likeness (QED) is 0.538. The Labute approximate surface area is 221 Å². The monoisotopic (exact) mass is 517 g/mol. The van der Waals surface area contributed by atoms with Gasteiger partial charge in [0.25, 0.3) is 11.8 Å². The van der Waals surface area contributed by atoms with Crippen LogP contribution in [0, 0.1) is 6.92 Å². The van der Waals surface area contributed by atoms with Crippen LogP contribution >= 0.6 is 0 Å². The van der Waals surface area contributed by atoms with Crippen LogP contribution in [0.15, 0.2) is 71.3 Å². The molecule has 0 saturated carbocycles. The fraction of sp³-hybridized carbons (Fsp3) is 0.345. The van der Waals surface area contributed by atoms with E-state index in [0.717, 1.165) is 5.56 Å². The van der Waals surface area contributed by atoms with Crippen molar-refractivity contribution in [2.45, 2.75) is 38.1 Å². The first kappa shape index (κ1) is 25.5. The van der Waals surface area contributed by atoms with Crippen molar-refractivity contribution in [1.82, 2.24) is 15.1 Å². The standard InChI is InChI=1S/C29H31N3O6/c1-20-6-3-7-21(16-20)28(35)32-25(26(33)30-18-24-10-5-15-37-24)19-38-29(32)11-13-31(14-12-29)27(34)22-8-4-9-23(17-22)36-2/h3-10,15-17,25H,11-14,18-19H2,1-2H3,(H,30,33)/t25-/m1/s1. The number of hydrogen-bond acceptors (Lipinski definition) is 6. The molecule has 5 rings (SSSR count). The van der Waals surface area contributed by atoms with E-state index in [9.17, 15) is 14.4 Å². The average Bonchev–Trinajstić information content (AvgIpc) is 3.60. The third-order valence-corrected chi connectivity index (χ3v) is 7.21. The molecule has 1 spiro atoms. The van der Waals surface area contributed by atoms with Gasteiger partial charge in [0, 0.05) is 37.1 Å². The molecular weight excluding hydrogens is 486 g/mol. The molecule has 1 atom stereocenters. The highest BCUT2D eigenvalue weighted by atomic mass is 16.5. The first-order chi connectivity index (χ1) is 18.4. The molecule has 1 aromatic heterocycles. The molecule has 0 bridgehead atoms. The van der Waals surface area contributed by atoms with E-state index in [4.69, 9.17) is 13.9 Å². The number of methoxy groups -OCH3 is 1. The Morgan fingerprint density at radius 2 is 1.74 bits per heavy atom. The number of nitrogens with zero attached hydrogens (tertiary/aromatic N) is 2. The Balaban J connectivity index is 1.36. The summed E-state index contributed by atoms with van der Waals surface area (Å²) >= 11 is 0. The molecule has 0 radical (unpaired) electrons. The van der Waals surface area contributed by atoms with Crippen LogP contribution in [-0.4, -0.2) is 66.1 Å². The number of piperidine rings is 1. The molecule has 9 nitrogen and oxygen atoms in total. The molecule has 3 amide bonds. The smallest absolute Gasteiger partial charge is 0.256 e. The minimum Gasteiger partial charge on any atom is -0.497 e. The molecule has 2 aromatic carbocycles. The zero-order valence-corrected chi connectivity index (χ0v) is 21.5. The fourth-order valence-corrected chi connectivity index (χ4v) is 5.19. The van der Waals surface area contributed by atoms with Gasteiger partial charge < -0.3 is 24.1 Å². The highest BCUT2D eigenvalue weighted by molar-refractivity contribution is 5.99. The van der Waals surface area contributed by atoms with E-state index in [-0.39, 0.29) is 30.9 Å².